The van der Waals surface area contributed by atoms with Crippen molar-refractivity contribution in [1.82, 2.24) is 24.8 Å². The molecule has 244 valence electrons. The van der Waals surface area contributed by atoms with Gasteiger partial charge in [0, 0.05) is 59.6 Å². The molecule has 4 heterocycles. The van der Waals surface area contributed by atoms with Crippen LogP contribution in [0.25, 0.3) is 27.9 Å². The maximum atomic E-state index is 13.1. The average Bonchev–Trinajstić information content (AvgIpc) is 3.70. The molecule has 3 aromatic carbocycles. The van der Waals surface area contributed by atoms with Crippen molar-refractivity contribution in [2.24, 2.45) is 0 Å². The minimum Gasteiger partial charge on any atom is -0.454 e. The Hall–Kier alpha value is -4.52. The number of hydrogen-bond acceptors (Lipinski definition) is 10. The molecule has 48 heavy (non-hydrogen) atoms. The van der Waals surface area contributed by atoms with E-state index in [4.69, 9.17) is 20.2 Å². The lowest BCUT2D eigenvalue weighted by Crippen LogP contribution is -2.44. The van der Waals surface area contributed by atoms with Gasteiger partial charge in [0.25, 0.3) is 5.91 Å². The molecule has 0 saturated carbocycles. The summed E-state index contributed by atoms with van der Waals surface area (Å²) in [6.45, 7) is 5.26. The third-order valence-corrected chi connectivity index (χ3v) is 10.8. The van der Waals surface area contributed by atoms with Crippen LogP contribution in [-0.4, -0.2) is 71.9 Å². The predicted molar refractivity (Wildman–Crippen MR) is 196 cm³/mol. The molecular formula is C35H33IN8O3S. The standard InChI is InChI=1S/C35H33IN8O3S/c1-42-11-13-43(14-12-42)26-6-5-23-15-22(3-4-24(23)17-26)16-25(20-37)34(45)40-8-2-10-44-28-7-9-39-33(38)32(28)41-35(44)48-31-19-30-29(18-27(31)36)46-21-47-30/h3-7,9,15-19H,2,8,10-14,21H2,1H3,(H2,38,39)(H,40,45)/b25-16+. The summed E-state index contributed by atoms with van der Waals surface area (Å²) in [6, 6.07) is 20.3. The van der Waals surface area contributed by atoms with Crippen LogP contribution >= 0.6 is 34.4 Å². The van der Waals surface area contributed by atoms with Crippen LogP contribution in [0.1, 0.15) is 12.0 Å². The number of aryl methyl sites for hydroxylation is 1. The highest BCUT2D eigenvalue weighted by Gasteiger charge is 2.21. The lowest BCUT2D eigenvalue weighted by Gasteiger charge is -2.34. The molecule has 0 bridgehead atoms. The van der Waals surface area contributed by atoms with Crippen molar-refractivity contribution >= 4 is 79.6 Å². The molecule has 0 atom stereocenters. The second kappa shape index (κ2) is 13.9. The zero-order valence-corrected chi connectivity index (χ0v) is 29.3. The number of carbonyl (C=O) groups excluding carboxylic acids is 1. The normalized spacial score (nSPS) is 14.9. The summed E-state index contributed by atoms with van der Waals surface area (Å²) in [5.41, 5.74) is 9.74. The van der Waals surface area contributed by atoms with Crippen LogP contribution in [0.15, 0.2) is 76.4 Å². The number of pyridine rings is 1. The van der Waals surface area contributed by atoms with Crippen molar-refractivity contribution < 1.29 is 14.3 Å². The zero-order valence-electron chi connectivity index (χ0n) is 26.3. The lowest BCUT2D eigenvalue weighted by molar-refractivity contribution is -0.117. The Morgan fingerprint density at radius 2 is 1.85 bits per heavy atom. The number of nitrogens with one attached hydrogen (secondary N) is 1. The second-order valence-electron chi connectivity index (χ2n) is 11.7. The maximum absolute atomic E-state index is 13.1. The summed E-state index contributed by atoms with van der Waals surface area (Å²) in [7, 11) is 2.15. The minimum absolute atomic E-state index is 0.0592. The molecule has 3 N–H and O–H groups in total. The average molecular weight is 773 g/mol. The molecular weight excluding hydrogens is 739 g/mol. The number of fused-ring (bicyclic) bond motifs is 3. The third-order valence-electron chi connectivity index (χ3n) is 8.53. The van der Waals surface area contributed by atoms with Crippen LogP contribution < -0.4 is 25.4 Å². The number of halogens is 1. The number of nitrogens with zero attached hydrogens (tertiary/aromatic N) is 6. The first-order valence-electron chi connectivity index (χ1n) is 15.6. The van der Waals surface area contributed by atoms with Gasteiger partial charge in [0.2, 0.25) is 6.79 Å². The third kappa shape index (κ3) is 6.73. The van der Waals surface area contributed by atoms with Crippen LogP contribution in [0.4, 0.5) is 11.5 Å². The molecule has 1 fully saturated rings. The largest absolute Gasteiger partial charge is 0.454 e. The van der Waals surface area contributed by atoms with Gasteiger partial charge in [-0.05, 0) is 94.9 Å². The van der Waals surface area contributed by atoms with E-state index in [1.54, 1.807) is 12.3 Å². The van der Waals surface area contributed by atoms with Gasteiger partial charge in [-0.15, -0.1) is 0 Å². The summed E-state index contributed by atoms with van der Waals surface area (Å²) in [5, 5.41) is 15.7. The number of likely N-dealkylation sites (N-methyl/N-ethyl adjacent to an activating group) is 1. The topological polar surface area (TPSA) is 135 Å². The number of rotatable bonds is 9. The first kappa shape index (κ1) is 32.0. The lowest BCUT2D eigenvalue weighted by atomic mass is 10.0. The summed E-state index contributed by atoms with van der Waals surface area (Å²) in [5.74, 6) is 1.37. The van der Waals surface area contributed by atoms with Crippen LogP contribution in [0, 0.1) is 14.9 Å². The fourth-order valence-electron chi connectivity index (χ4n) is 5.87. The number of aromatic nitrogens is 3. The van der Waals surface area contributed by atoms with Crippen molar-refractivity contribution in [3.8, 4) is 17.6 Å². The van der Waals surface area contributed by atoms with E-state index in [-0.39, 0.29) is 12.4 Å². The molecule has 5 aromatic rings. The number of nitrogen functional groups attached to an aromatic ring is 1. The summed E-state index contributed by atoms with van der Waals surface area (Å²) in [4.78, 5) is 27.8. The number of ether oxygens (including phenoxy) is 2. The number of benzene rings is 3. The molecule has 0 spiro atoms. The van der Waals surface area contributed by atoms with Gasteiger partial charge in [-0.25, -0.2) is 9.97 Å². The molecule has 0 unspecified atom stereocenters. The van der Waals surface area contributed by atoms with Crippen molar-refractivity contribution in [1.29, 1.82) is 5.26 Å². The van der Waals surface area contributed by atoms with Gasteiger partial charge in [0.1, 0.15) is 17.2 Å². The van der Waals surface area contributed by atoms with Crippen LogP contribution in [0.3, 0.4) is 0 Å². The molecule has 1 amide bonds. The molecule has 1 saturated heterocycles. The Balaban J connectivity index is 1.02. The van der Waals surface area contributed by atoms with Gasteiger partial charge >= 0.3 is 0 Å². The highest BCUT2D eigenvalue weighted by atomic mass is 127. The van der Waals surface area contributed by atoms with E-state index in [0.717, 1.165) is 67.4 Å². The SMILES string of the molecule is CN1CCN(c2ccc3cc(/C=C(\C#N)C(=O)NCCCn4c(Sc5cc6c(cc5I)OCO6)nc5c(N)nccc54)ccc3c2)CC1. The van der Waals surface area contributed by atoms with Gasteiger partial charge in [-0.1, -0.05) is 30.0 Å². The summed E-state index contributed by atoms with van der Waals surface area (Å²) < 4.78 is 14.2. The molecule has 2 aromatic heterocycles. The van der Waals surface area contributed by atoms with E-state index in [1.807, 2.05) is 36.4 Å². The molecule has 0 aliphatic carbocycles. The second-order valence-corrected chi connectivity index (χ2v) is 13.9. The monoisotopic (exact) mass is 772 g/mol. The van der Waals surface area contributed by atoms with Gasteiger partial charge in [0.05, 0.1) is 5.52 Å². The molecule has 2 aliphatic rings. The quantitative estimate of drug-likeness (QED) is 0.0855. The van der Waals surface area contributed by atoms with Crippen molar-refractivity contribution in [3.05, 3.63) is 75.5 Å². The van der Waals surface area contributed by atoms with E-state index < -0.39 is 5.91 Å². The Morgan fingerprint density at radius 3 is 2.67 bits per heavy atom. The fraction of sp³-hybridized carbons (Fsp3) is 0.257. The first-order chi connectivity index (χ1) is 23.4. The van der Waals surface area contributed by atoms with Crippen molar-refractivity contribution in [2.45, 2.75) is 23.0 Å². The first-order valence-corrected chi connectivity index (χ1v) is 17.5. The van der Waals surface area contributed by atoms with Crippen LogP contribution in [-0.2, 0) is 11.3 Å². The van der Waals surface area contributed by atoms with E-state index in [0.29, 0.717) is 36.6 Å². The molecule has 13 heteroatoms. The minimum atomic E-state index is -0.406. The molecule has 7 rings (SSSR count). The predicted octanol–water partition coefficient (Wildman–Crippen LogP) is 5.52. The van der Waals surface area contributed by atoms with Gasteiger partial charge < -0.3 is 34.9 Å². The number of anilines is 2. The Kier molecular flexibility index (Phi) is 9.29. The number of amides is 1. The number of piperazine rings is 1. The van der Waals surface area contributed by atoms with E-state index >= 15 is 0 Å². The van der Waals surface area contributed by atoms with Crippen molar-refractivity contribution in [2.75, 3.05) is 57.2 Å². The number of carbonyl (C=O) groups is 1. The molecule has 0 radical (unpaired) electrons. The van der Waals surface area contributed by atoms with Crippen LogP contribution in [0.2, 0.25) is 0 Å². The fourth-order valence-corrected chi connectivity index (χ4v) is 7.60. The van der Waals surface area contributed by atoms with E-state index in [2.05, 4.69) is 78.6 Å². The summed E-state index contributed by atoms with van der Waals surface area (Å²) >= 11 is 3.78. The Labute approximate surface area is 295 Å². The highest BCUT2D eigenvalue weighted by molar-refractivity contribution is 14.1. The Morgan fingerprint density at radius 1 is 1.08 bits per heavy atom. The zero-order chi connectivity index (χ0) is 33.2. The Bertz CT molecular complexity index is 2100. The van der Waals surface area contributed by atoms with E-state index in [1.165, 1.54) is 17.4 Å². The highest BCUT2D eigenvalue weighted by Crippen LogP contribution is 2.41. The van der Waals surface area contributed by atoms with Gasteiger partial charge in [0.15, 0.2) is 22.5 Å². The van der Waals surface area contributed by atoms with Crippen molar-refractivity contribution in [3.63, 3.8) is 0 Å². The number of nitriles is 1. The molecule has 11 nitrogen and oxygen atoms in total. The van der Waals surface area contributed by atoms with E-state index in [9.17, 15) is 10.1 Å². The summed E-state index contributed by atoms with van der Waals surface area (Å²) in [6.07, 6.45) is 3.92. The van der Waals surface area contributed by atoms with Gasteiger partial charge in [-0.2, -0.15) is 5.26 Å². The smallest absolute Gasteiger partial charge is 0.261 e. The maximum Gasteiger partial charge on any atom is 0.261 e. The molecule has 2 aliphatic heterocycles. The number of imidazole rings is 1. The number of nitrogens with two attached hydrogens (primary N) is 1. The van der Waals surface area contributed by atoms with Gasteiger partial charge in [-0.3, -0.25) is 4.79 Å². The van der Waals surface area contributed by atoms with Crippen LogP contribution in [0.5, 0.6) is 11.5 Å². The number of hydrogen-bond donors (Lipinski definition) is 2.